The number of unbranched alkanes of at least 4 members (excludes halogenated alkanes) is 5. The Morgan fingerprint density at radius 3 is 2.18 bits per heavy atom. The highest BCUT2D eigenvalue weighted by molar-refractivity contribution is 5.36. The zero-order valence-corrected chi connectivity index (χ0v) is 15.0. The quantitative estimate of drug-likeness (QED) is 0.541. The van der Waals surface area contributed by atoms with E-state index in [1.54, 1.807) is 6.07 Å². The zero-order valence-electron chi connectivity index (χ0n) is 15.0. The summed E-state index contributed by atoms with van der Waals surface area (Å²) in [6, 6.07) is 5.52. The average Bonchev–Trinajstić information content (AvgIpc) is 3.02. The van der Waals surface area contributed by atoms with Crippen LogP contribution in [0.1, 0.15) is 88.7 Å². The van der Waals surface area contributed by atoms with Crippen LogP contribution in [0.15, 0.2) is 18.2 Å². The van der Waals surface area contributed by atoms with E-state index in [1.807, 2.05) is 26.0 Å². The number of rotatable bonds is 7. The molecule has 126 valence electrons. The molecule has 0 heterocycles. The van der Waals surface area contributed by atoms with E-state index in [4.69, 9.17) is 5.11 Å². The molecule has 0 amide bonds. The van der Waals surface area contributed by atoms with Crippen LogP contribution in [-0.2, 0) is 0 Å². The third-order valence-corrected chi connectivity index (χ3v) is 5.02. The lowest BCUT2D eigenvalue weighted by molar-refractivity contribution is 0.462. The third kappa shape index (κ3) is 7.87. The first-order chi connectivity index (χ1) is 10.6. The second-order valence-electron chi connectivity index (χ2n) is 6.93. The second-order valence-corrected chi connectivity index (χ2v) is 6.93. The summed E-state index contributed by atoms with van der Waals surface area (Å²) in [4.78, 5) is 0. The van der Waals surface area contributed by atoms with Gasteiger partial charge in [0.2, 0.25) is 0 Å². The number of phenols is 1. The van der Waals surface area contributed by atoms with Crippen LogP contribution < -0.4 is 0 Å². The molecular formula is C21H36O. The average molecular weight is 305 g/mol. The highest BCUT2D eigenvalue weighted by Crippen LogP contribution is 2.29. The van der Waals surface area contributed by atoms with Crippen molar-refractivity contribution in [3.63, 3.8) is 0 Å². The highest BCUT2D eigenvalue weighted by Gasteiger charge is 2.13. The molecule has 0 radical (unpaired) electrons. The first kappa shape index (κ1) is 19.1. The van der Waals surface area contributed by atoms with Gasteiger partial charge in [0, 0.05) is 0 Å². The molecule has 0 atom stereocenters. The smallest absolute Gasteiger partial charge is 0.118 e. The molecule has 0 spiro atoms. The molecule has 1 N–H and O–H groups in total. The van der Waals surface area contributed by atoms with Crippen LogP contribution in [0.4, 0.5) is 0 Å². The summed E-state index contributed by atoms with van der Waals surface area (Å²) in [6.07, 6.45) is 16.4. The molecule has 1 nitrogen and oxygen atoms in total. The molecule has 1 saturated carbocycles. The Morgan fingerprint density at radius 2 is 1.59 bits per heavy atom. The van der Waals surface area contributed by atoms with E-state index in [0.717, 1.165) is 17.0 Å². The van der Waals surface area contributed by atoms with Gasteiger partial charge in [0.05, 0.1) is 0 Å². The fraction of sp³-hybridized carbons (Fsp3) is 0.714. The van der Waals surface area contributed by atoms with Crippen LogP contribution in [0, 0.1) is 19.8 Å². The van der Waals surface area contributed by atoms with Crippen molar-refractivity contribution in [1.29, 1.82) is 0 Å². The number of hydrogen-bond donors (Lipinski definition) is 1. The Kier molecular flexibility index (Phi) is 10.0. The van der Waals surface area contributed by atoms with Gasteiger partial charge in [-0.15, -0.1) is 0 Å². The summed E-state index contributed by atoms with van der Waals surface area (Å²) in [5.41, 5.74) is 2.10. The second kappa shape index (κ2) is 11.6. The van der Waals surface area contributed by atoms with Gasteiger partial charge in [-0.05, 0) is 37.0 Å². The SMILES string of the molecule is CCCCCCCCC1CCCC1.Cc1cccc(O)c1C. The molecule has 1 aliphatic carbocycles. The minimum Gasteiger partial charge on any atom is -0.508 e. The highest BCUT2D eigenvalue weighted by atomic mass is 16.3. The molecule has 0 unspecified atom stereocenters. The zero-order chi connectivity index (χ0) is 16.2. The van der Waals surface area contributed by atoms with Gasteiger partial charge in [-0.25, -0.2) is 0 Å². The lowest BCUT2D eigenvalue weighted by Crippen LogP contribution is -1.92. The van der Waals surface area contributed by atoms with Gasteiger partial charge in [0.25, 0.3) is 0 Å². The molecule has 1 fully saturated rings. The topological polar surface area (TPSA) is 20.2 Å². The monoisotopic (exact) mass is 304 g/mol. The van der Waals surface area contributed by atoms with Crippen molar-refractivity contribution in [2.75, 3.05) is 0 Å². The van der Waals surface area contributed by atoms with E-state index in [1.165, 1.54) is 70.6 Å². The number of benzene rings is 1. The minimum absolute atomic E-state index is 0.384. The minimum atomic E-state index is 0.384. The molecule has 0 saturated heterocycles. The lowest BCUT2D eigenvalue weighted by atomic mass is 9.99. The fourth-order valence-electron chi connectivity index (χ4n) is 3.25. The van der Waals surface area contributed by atoms with Crippen LogP contribution in [0.2, 0.25) is 0 Å². The first-order valence-electron chi connectivity index (χ1n) is 9.40. The maximum Gasteiger partial charge on any atom is 0.118 e. The summed E-state index contributed by atoms with van der Waals surface area (Å²) in [6.45, 7) is 6.18. The molecule has 0 aromatic heterocycles. The number of aryl methyl sites for hydroxylation is 1. The van der Waals surface area contributed by atoms with Gasteiger partial charge in [0.15, 0.2) is 0 Å². The Hall–Kier alpha value is -0.980. The van der Waals surface area contributed by atoms with E-state index in [0.29, 0.717) is 5.75 Å². The Balaban J connectivity index is 0.000000235. The van der Waals surface area contributed by atoms with E-state index >= 15 is 0 Å². The Morgan fingerprint density at radius 1 is 0.955 bits per heavy atom. The van der Waals surface area contributed by atoms with E-state index in [9.17, 15) is 0 Å². The van der Waals surface area contributed by atoms with Crippen LogP contribution in [0.3, 0.4) is 0 Å². The van der Waals surface area contributed by atoms with Crippen molar-refractivity contribution in [1.82, 2.24) is 0 Å². The van der Waals surface area contributed by atoms with Crippen molar-refractivity contribution in [3.8, 4) is 5.75 Å². The molecule has 1 aromatic rings. The molecule has 1 aliphatic rings. The van der Waals surface area contributed by atoms with Crippen molar-refractivity contribution in [2.45, 2.75) is 91.4 Å². The van der Waals surface area contributed by atoms with E-state index in [-0.39, 0.29) is 0 Å². The number of aromatic hydroxyl groups is 1. The van der Waals surface area contributed by atoms with Gasteiger partial charge in [-0.2, -0.15) is 0 Å². The molecule has 0 bridgehead atoms. The Labute approximate surface area is 138 Å². The van der Waals surface area contributed by atoms with Crippen LogP contribution in [-0.4, -0.2) is 5.11 Å². The van der Waals surface area contributed by atoms with Gasteiger partial charge in [-0.1, -0.05) is 89.7 Å². The van der Waals surface area contributed by atoms with Crippen molar-refractivity contribution < 1.29 is 5.11 Å². The van der Waals surface area contributed by atoms with E-state index in [2.05, 4.69) is 6.92 Å². The molecule has 1 heteroatoms. The normalized spacial score (nSPS) is 14.7. The summed E-state index contributed by atoms with van der Waals surface area (Å²) < 4.78 is 0. The van der Waals surface area contributed by atoms with Crippen LogP contribution in [0.25, 0.3) is 0 Å². The summed E-state index contributed by atoms with van der Waals surface area (Å²) in [5.74, 6) is 1.50. The number of phenolic OH excluding ortho intramolecular Hbond substituents is 1. The van der Waals surface area contributed by atoms with Gasteiger partial charge in [-0.3, -0.25) is 0 Å². The summed E-state index contributed by atoms with van der Waals surface area (Å²) in [5, 5.41) is 9.10. The lowest BCUT2D eigenvalue weighted by Gasteiger charge is -2.07. The van der Waals surface area contributed by atoms with Crippen molar-refractivity contribution in [3.05, 3.63) is 29.3 Å². The summed E-state index contributed by atoms with van der Waals surface area (Å²) in [7, 11) is 0. The third-order valence-electron chi connectivity index (χ3n) is 5.02. The maximum atomic E-state index is 9.10. The number of hydrogen-bond acceptors (Lipinski definition) is 1. The first-order valence-corrected chi connectivity index (χ1v) is 9.40. The van der Waals surface area contributed by atoms with Crippen molar-refractivity contribution >= 4 is 0 Å². The van der Waals surface area contributed by atoms with Gasteiger partial charge in [0.1, 0.15) is 5.75 Å². The fourth-order valence-corrected chi connectivity index (χ4v) is 3.25. The van der Waals surface area contributed by atoms with Crippen LogP contribution >= 0.6 is 0 Å². The maximum absolute atomic E-state index is 9.10. The predicted molar refractivity (Wildman–Crippen MR) is 97.5 cm³/mol. The van der Waals surface area contributed by atoms with E-state index < -0.39 is 0 Å². The Bertz CT molecular complexity index is 371. The molecular weight excluding hydrogens is 268 g/mol. The summed E-state index contributed by atoms with van der Waals surface area (Å²) >= 11 is 0. The van der Waals surface area contributed by atoms with Crippen LogP contribution in [0.5, 0.6) is 5.75 Å². The molecule has 0 aliphatic heterocycles. The predicted octanol–water partition coefficient (Wildman–Crippen LogP) is 6.94. The van der Waals surface area contributed by atoms with Gasteiger partial charge >= 0.3 is 0 Å². The van der Waals surface area contributed by atoms with Gasteiger partial charge < -0.3 is 5.11 Å². The standard InChI is InChI=1S/C13H26.C8H10O/c1-2-3-4-5-6-7-10-13-11-8-9-12-13;1-6-4-3-5-8(9)7(6)2/h13H,2-12H2,1H3;3-5,9H,1-2H3. The molecule has 22 heavy (non-hydrogen) atoms. The largest absolute Gasteiger partial charge is 0.508 e. The molecule has 2 rings (SSSR count). The van der Waals surface area contributed by atoms with Crippen molar-refractivity contribution in [2.24, 2.45) is 5.92 Å². The molecule has 1 aromatic carbocycles.